The van der Waals surface area contributed by atoms with Crippen molar-refractivity contribution in [1.29, 1.82) is 0 Å². The molecule has 1 saturated carbocycles. The minimum absolute atomic E-state index is 0.100. The number of hydrogen-bond donors (Lipinski definition) is 0. The van der Waals surface area contributed by atoms with Gasteiger partial charge in [-0.2, -0.15) is 5.10 Å². The number of nitrogens with zero attached hydrogens (tertiary/aromatic N) is 4. The molecule has 4 aromatic carbocycles. The highest BCUT2D eigenvalue weighted by atomic mass is 19.1. The van der Waals surface area contributed by atoms with Gasteiger partial charge < -0.3 is 14.5 Å². The summed E-state index contributed by atoms with van der Waals surface area (Å²) in [7, 11) is 0. The lowest BCUT2D eigenvalue weighted by Gasteiger charge is -2.32. The van der Waals surface area contributed by atoms with Gasteiger partial charge in [0.25, 0.3) is 5.91 Å². The predicted octanol–water partition coefficient (Wildman–Crippen LogP) is 6.12. The lowest BCUT2D eigenvalue weighted by atomic mass is 9.86. The number of halogens is 1. The van der Waals surface area contributed by atoms with Crippen molar-refractivity contribution in [2.75, 3.05) is 44.3 Å². The third-order valence-corrected chi connectivity index (χ3v) is 9.80. The summed E-state index contributed by atoms with van der Waals surface area (Å²) in [5.74, 6) is 0.508. The van der Waals surface area contributed by atoms with Crippen molar-refractivity contribution < 1.29 is 13.9 Å². The van der Waals surface area contributed by atoms with Crippen LogP contribution in [0.15, 0.2) is 97.2 Å². The fourth-order valence-corrected chi connectivity index (χ4v) is 7.79. The number of benzene rings is 4. The number of piperidine rings is 1. The van der Waals surface area contributed by atoms with Crippen molar-refractivity contribution in [3.8, 4) is 5.69 Å². The molecular formula is C36H33FN4O2. The van der Waals surface area contributed by atoms with E-state index in [1.165, 1.54) is 28.8 Å². The molecule has 2 aliphatic heterocycles. The number of ether oxygens (including phenoxy) is 1. The SMILES string of the molecule is Cc1cc2c(cnn2-c2ccc(F)cc2)cc1[C@@]12CN(C(=O)c3ccccc3N3CCOCC3)C[C@@H]1[C@H]2c1ccccc1. The van der Waals surface area contributed by atoms with E-state index < -0.39 is 0 Å². The molecule has 0 radical (unpaired) electrons. The van der Waals surface area contributed by atoms with Crippen LogP contribution in [0.1, 0.15) is 33.0 Å². The lowest BCUT2D eigenvalue weighted by molar-refractivity contribution is 0.0768. The van der Waals surface area contributed by atoms with Gasteiger partial charge in [0, 0.05) is 48.6 Å². The summed E-state index contributed by atoms with van der Waals surface area (Å²) in [6, 6.07) is 29.7. The zero-order valence-electron chi connectivity index (χ0n) is 24.1. The van der Waals surface area contributed by atoms with Crippen LogP contribution in [0.25, 0.3) is 16.6 Å². The first-order valence-corrected chi connectivity index (χ1v) is 15.1. The average Bonchev–Trinajstić information content (AvgIpc) is 3.29. The number of amides is 1. The zero-order valence-corrected chi connectivity index (χ0v) is 24.1. The minimum atomic E-state index is -0.266. The Bertz CT molecular complexity index is 1830. The van der Waals surface area contributed by atoms with Crippen molar-refractivity contribution >= 4 is 22.5 Å². The van der Waals surface area contributed by atoms with E-state index in [0.29, 0.717) is 31.6 Å². The van der Waals surface area contributed by atoms with E-state index in [-0.39, 0.29) is 17.1 Å². The maximum absolute atomic E-state index is 14.2. The molecule has 3 atom stereocenters. The Kier molecular flexibility index (Phi) is 6.12. The van der Waals surface area contributed by atoms with Crippen LogP contribution in [-0.4, -0.2) is 60.0 Å². The third-order valence-electron chi connectivity index (χ3n) is 9.80. The number of likely N-dealkylation sites (tertiary alicyclic amines) is 1. The number of aryl methyl sites for hydroxylation is 1. The summed E-state index contributed by atoms with van der Waals surface area (Å²) in [6.45, 7) is 6.50. The molecule has 2 saturated heterocycles. The van der Waals surface area contributed by atoms with E-state index in [1.54, 1.807) is 12.1 Å². The molecule has 43 heavy (non-hydrogen) atoms. The van der Waals surface area contributed by atoms with Gasteiger partial charge in [-0.1, -0.05) is 42.5 Å². The molecular weight excluding hydrogens is 539 g/mol. The maximum Gasteiger partial charge on any atom is 0.255 e. The van der Waals surface area contributed by atoms with Crippen LogP contribution in [-0.2, 0) is 10.2 Å². The summed E-state index contributed by atoms with van der Waals surface area (Å²) in [6.07, 6.45) is 1.89. The van der Waals surface area contributed by atoms with Gasteiger partial charge in [-0.05, 0) is 78.1 Å². The Balaban J connectivity index is 1.17. The summed E-state index contributed by atoms with van der Waals surface area (Å²) >= 11 is 0. The largest absolute Gasteiger partial charge is 0.378 e. The second-order valence-corrected chi connectivity index (χ2v) is 12.1. The van der Waals surface area contributed by atoms with Crippen LogP contribution in [0, 0.1) is 18.7 Å². The van der Waals surface area contributed by atoms with Crippen LogP contribution in [0.4, 0.5) is 10.1 Å². The lowest BCUT2D eigenvalue weighted by Crippen LogP contribution is -2.39. The van der Waals surface area contributed by atoms with Gasteiger partial charge in [0.15, 0.2) is 0 Å². The Morgan fingerprint density at radius 3 is 2.49 bits per heavy atom. The highest BCUT2D eigenvalue weighted by Crippen LogP contribution is 2.70. The number of anilines is 1. The highest BCUT2D eigenvalue weighted by Gasteiger charge is 2.71. The molecule has 6 nitrogen and oxygen atoms in total. The third kappa shape index (κ3) is 4.17. The number of rotatable bonds is 5. The standard InChI is InChI=1S/C36H33FN4O2/c1-24-19-33-26(21-38-41(33)28-13-11-27(37)12-14-28)20-30(24)36-23-40(22-31(36)34(36)25-7-3-2-4-8-25)35(42)29-9-5-6-10-32(29)39-15-17-43-18-16-39/h2-14,19-21,31,34H,15-18,22-23H2,1H3/t31-,34-,36+/m1/s1. The number of para-hydroxylation sites is 1. The van der Waals surface area contributed by atoms with E-state index in [4.69, 9.17) is 4.74 Å². The molecule has 216 valence electrons. The summed E-state index contributed by atoms with van der Waals surface area (Å²) in [4.78, 5) is 18.6. The van der Waals surface area contributed by atoms with Crippen molar-refractivity contribution in [2.45, 2.75) is 18.3 Å². The Labute approximate surface area is 250 Å². The molecule has 7 heteroatoms. The monoisotopic (exact) mass is 572 g/mol. The minimum Gasteiger partial charge on any atom is -0.378 e. The van der Waals surface area contributed by atoms with Gasteiger partial charge in [0.05, 0.1) is 36.2 Å². The molecule has 1 aromatic heterocycles. The molecule has 3 aliphatic rings. The predicted molar refractivity (Wildman–Crippen MR) is 165 cm³/mol. The molecule has 0 unspecified atom stereocenters. The first kappa shape index (κ1) is 26.2. The van der Waals surface area contributed by atoms with Gasteiger partial charge in [0.1, 0.15) is 5.82 Å². The topological polar surface area (TPSA) is 50.6 Å². The molecule has 0 spiro atoms. The van der Waals surface area contributed by atoms with Crippen molar-refractivity contribution in [3.05, 3.63) is 125 Å². The fraction of sp³-hybridized carbons (Fsp3) is 0.278. The van der Waals surface area contributed by atoms with Crippen LogP contribution >= 0.6 is 0 Å². The normalized spacial score (nSPS) is 23.0. The van der Waals surface area contributed by atoms with Gasteiger partial charge in [-0.3, -0.25) is 4.79 Å². The van der Waals surface area contributed by atoms with Gasteiger partial charge in [-0.25, -0.2) is 9.07 Å². The summed E-state index contributed by atoms with van der Waals surface area (Å²) in [5, 5.41) is 5.71. The first-order valence-electron chi connectivity index (χ1n) is 15.1. The number of carbonyl (C=O) groups is 1. The zero-order chi connectivity index (χ0) is 29.1. The molecule has 1 amide bonds. The summed E-state index contributed by atoms with van der Waals surface area (Å²) in [5.41, 5.74) is 7.21. The Morgan fingerprint density at radius 1 is 0.953 bits per heavy atom. The summed E-state index contributed by atoms with van der Waals surface area (Å²) < 4.78 is 21.0. The van der Waals surface area contributed by atoms with E-state index >= 15 is 0 Å². The van der Waals surface area contributed by atoms with Crippen molar-refractivity contribution in [1.82, 2.24) is 14.7 Å². The molecule has 3 heterocycles. The quantitative estimate of drug-likeness (QED) is 0.255. The van der Waals surface area contributed by atoms with E-state index in [0.717, 1.165) is 47.5 Å². The maximum atomic E-state index is 14.2. The number of hydrogen-bond acceptors (Lipinski definition) is 4. The van der Waals surface area contributed by atoms with Crippen LogP contribution < -0.4 is 4.90 Å². The molecule has 5 aromatic rings. The second kappa shape index (κ2) is 10.1. The first-order chi connectivity index (χ1) is 21.0. The van der Waals surface area contributed by atoms with Crippen LogP contribution in [0.5, 0.6) is 0 Å². The van der Waals surface area contributed by atoms with Gasteiger partial charge >= 0.3 is 0 Å². The van der Waals surface area contributed by atoms with Crippen molar-refractivity contribution in [3.63, 3.8) is 0 Å². The van der Waals surface area contributed by atoms with Crippen LogP contribution in [0.2, 0.25) is 0 Å². The number of fused-ring (bicyclic) bond motifs is 2. The van der Waals surface area contributed by atoms with E-state index in [2.05, 4.69) is 70.4 Å². The Hall–Kier alpha value is -4.49. The smallest absolute Gasteiger partial charge is 0.255 e. The van der Waals surface area contributed by atoms with Gasteiger partial charge in [-0.15, -0.1) is 0 Å². The van der Waals surface area contributed by atoms with E-state index in [9.17, 15) is 9.18 Å². The van der Waals surface area contributed by atoms with Crippen molar-refractivity contribution in [2.24, 2.45) is 5.92 Å². The number of carbonyl (C=O) groups excluding carboxylic acids is 1. The number of aromatic nitrogens is 2. The molecule has 0 N–H and O–H groups in total. The van der Waals surface area contributed by atoms with E-state index in [1.807, 2.05) is 29.1 Å². The average molecular weight is 573 g/mol. The number of morpholine rings is 1. The highest BCUT2D eigenvalue weighted by molar-refractivity contribution is 6.00. The fourth-order valence-electron chi connectivity index (χ4n) is 7.79. The molecule has 1 aliphatic carbocycles. The molecule has 0 bridgehead atoms. The molecule has 3 fully saturated rings. The van der Waals surface area contributed by atoms with Gasteiger partial charge in [0.2, 0.25) is 0 Å². The molecule has 8 rings (SSSR count). The second-order valence-electron chi connectivity index (χ2n) is 12.1. The van der Waals surface area contributed by atoms with Crippen LogP contribution in [0.3, 0.4) is 0 Å². The Morgan fingerprint density at radius 2 is 1.70 bits per heavy atom.